The van der Waals surface area contributed by atoms with Crippen molar-refractivity contribution >= 4 is 17.3 Å². The fourth-order valence-electron chi connectivity index (χ4n) is 4.51. The molecule has 31 heavy (non-hydrogen) atoms. The van der Waals surface area contributed by atoms with Crippen LogP contribution in [0, 0.1) is 11.3 Å². The van der Waals surface area contributed by atoms with E-state index >= 15 is 0 Å². The Balaban J connectivity index is 1.53. The quantitative estimate of drug-likeness (QED) is 0.582. The van der Waals surface area contributed by atoms with Gasteiger partial charge < -0.3 is 10.0 Å². The first-order valence-electron chi connectivity index (χ1n) is 10.6. The molecular weight excluding hydrogens is 386 g/mol. The molecule has 5 heteroatoms. The minimum atomic E-state index is -0.894. The van der Waals surface area contributed by atoms with Gasteiger partial charge in [-0.2, -0.15) is 5.26 Å². The molecule has 0 bridgehead atoms. The van der Waals surface area contributed by atoms with Crippen LogP contribution in [0.25, 0.3) is 0 Å². The van der Waals surface area contributed by atoms with Crippen molar-refractivity contribution in [1.29, 1.82) is 5.26 Å². The molecule has 1 heterocycles. The number of aromatic carboxylic acids is 1. The van der Waals surface area contributed by atoms with Gasteiger partial charge in [-0.3, -0.25) is 4.98 Å². The lowest BCUT2D eigenvalue weighted by Gasteiger charge is -2.28. The van der Waals surface area contributed by atoms with Crippen LogP contribution in [-0.2, 0) is 12.8 Å². The van der Waals surface area contributed by atoms with Crippen LogP contribution in [0.1, 0.15) is 57.8 Å². The van der Waals surface area contributed by atoms with Gasteiger partial charge in [-0.1, -0.05) is 12.1 Å². The molecule has 4 rings (SSSR count). The summed E-state index contributed by atoms with van der Waals surface area (Å²) in [7, 11) is 2.02. The lowest BCUT2D eigenvalue weighted by Crippen LogP contribution is -2.14. The molecule has 1 aliphatic rings. The highest BCUT2D eigenvalue weighted by Gasteiger charge is 2.22. The van der Waals surface area contributed by atoms with E-state index in [1.54, 1.807) is 12.3 Å². The topological polar surface area (TPSA) is 77.2 Å². The second kappa shape index (κ2) is 9.01. The minimum Gasteiger partial charge on any atom is -0.478 e. The number of anilines is 2. The van der Waals surface area contributed by atoms with E-state index in [9.17, 15) is 15.2 Å². The average molecular weight is 412 g/mol. The van der Waals surface area contributed by atoms with Gasteiger partial charge in [0, 0.05) is 30.8 Å². The lowest BCUT2D eigenvalue weighted by atomic mass is 9.79. The fraction of sp³-hybridized carbons (Fsp3) is 0.269. The number of hydrogen-bond donors (Lipinski definition) is 1. The van der Waals surface area contributed by atoms with Crippen molar-refractivity contribution in [3.63, 3.8) is 0 Å². The molecule has 1 aromatic heterocycles. The van der Waals surface area contributed by atoms with Crippen molar-refractivity contribution in [1.82, 2.24) is 4.98 Å². The Bertz CT molecular complexity index is 1150. The van der Waals surface area contributed by atoms with Gasteiger partial charge >= 0.3 is 5.97 Å². The van der Waals surface area contributed by atoms with Crippen molar-refractivity contribution < 1.29 is 9.90 Å². The van der Waals surface area contributed by atoms with Crippen LogP contribution in [0.4, 0.5) is 11.4 Å². The molecule has 0 unspecified atom stereocenters. The van der Waals surface area contributed by atoms with Crippen molar-refractivity contribution in [2.75, 3.05) is 11.9 Å². The third-order valence-corrected chi connectivity index (χ3v) is 6.21. The van der Waals surface area contributed by atoms with Gasteiger partial charge in [-0.05, 0) is 91.1 Å². The van der Waals surface area contributed by atoms with Gasteiger partial charge in [0.05, 0.1) is 17.2 Å². The summed E-state index contributed by atoms with van der Waals surface area (Å²) in [5.74, 6) is -0.471. The number of rotatable bonds is 6. The van der Waals surface area contributed by atoms with E-state index < -0.39 is 5.97 Å². The van der Waals surface area contributed by atoms with E-state index in [1.165, 1.54) is 17.3 Å². The zero-order chi connectivity index (χ0) is 21.8. The van der Waals surface area contributed by atoms with Crippen LogP contribution in [-0.4, -0.2) is 23.1 Å². The number of aromatic nitrogens is 1. The number of pyridine rings is 1. The number of carbonyl (C=O) groups is 1. The number of carboxylic acid groups (broad SMARTS) is 1. The molecule has 0 spiro atoms. The van der Waals surface area contributed by atoms with Gasteiger partial charge in [-0.25, -0.2) is 4.79 Å². The van der Waals surface area contributed by atoms with Gasteiger partial charge in [0.25, 0.3) is 0 Å². The first-order chi connectivity index (χ1) is 15.1. The monoisotopic (exact) mass is 411 g/mol. The molecule has 3 aromatic rings. The van der Waals surface area contributed by atoms with Crippen molar-refractivity contribution in [2.45, 2.75) is 38.0 Å². The molecular formula is C26H25N3O2. The van der Waals surface area contributed by atoms with Crippen LogP contribution in [0.5, 0.6) is 0 Å². The molecule has 0 saturated carbocycles. The largest absolute Gasteiger partial charge is 0.478 e. The Kier molecular flexibility index (Phi) is 5.99. The summed E-state index contributed by atoms with van der Waals surface area (Å²) in [6.07, 6.45) is 8.15. The number of fused-ring (bicyclic) bond motifs is 1. The number of aryl methyl sites for hydroxylation is 2. The summed E-state index contributed by atoms with van der Waals surface area (Å²) in [5, 5.41) is 18.6. The number of nitriles is 1. The van der Waals surface area contributed by atoms with Crippen LogP contribution >= 0.6 is 0 Å². The zero-order valence-electron chi connectivity index (χ0n) is 17.6. The number of benzene rings is 2. The van der Waals surface area contributed by atoms with Crippen molar-refractivity contribution in [2.24, 2.45) is 0 Å². The van der Waals surface area contributed by atoms with Crippen LogP contribution in [0.2, 0.25) is 0 Å². The summed E-state index contributed by atoms with van der Waals surface area (Å²) in [5.41, 5.74) is 6.63. The SMILES string of the molecule is CN(c1cccc(C#N)c1)c1ccc2c(c1)CCC[C@H]2CCc1cnccc1C(=O)O. The number of hydrogen-bond acceptors (Lipinski definition) is 4. The minimum absolute atomic E-state index is 0.350. The smallest absolute Gasteiger partial charge is 0.336 e. The van der Waals surface area contributed by atoms with Crippen LogP contribution < -0.4 is 4.90 Å². The highest BCUT2D eigenvalue weighted by molar-refractivity contribution is 5.89. The maximum Gasteiger partial charge on any atom is 0.336 e. The Morgan fingerprint density at radius 3 is 2.87 bits per heavy atom. The molecule has 1 aliphatic carbocycles. The standard InChI is InChI=1S/C26H25N3O2/c1-29(22-7-2-4-18(14-22)16-27)23-10-11-24-19(5-3-6-20(24)15-23)8-9-21-17-28-13-12-25(21)26(30)31/h2,4,7,10-15,17,19H,3,5-6,8-9H2,1H3,(H,30,31)/t19-/m0/s1. The first-order valence-corrected chi connectivity index (χ1v) is 10.6. The molecule has 0 saturated heterocycles. The van der Waals surface area contributed by atoms with Crippen LogP contribution in [0.3, 0.4) is 0 Å². The van der Waals surface area contributed by atoms with E-state index in [0.29, 0.717) is 23.5 Å². The van der Waals surface area contributed by atoms with Crippen molar-refractivity contribution in [3.8, 4) is 6.07 Å². The summed E-state index contributed by atoms with van der Waals surface area (Å²) in [6, 6.07) is 18.0. The normalized spacial score (nSPS) is 15.0. The molecule has 5 nitrogen and oxygen atoms in total. The van der Waals surface area contributed by atoms with Crippen molar-refractivity contribution in [3.05, 3.63) is 88.7 Å². The summed E-state index contributed by atoms with van der Waals surface area (Å²) < 4.78 is 0. The maximum atomic E-state index is 11.5. The predicted molar refractivity (Wildman–Crippen MR) is 121 cm³/mol. The van der Waals surface area contributed by atoms with Gasteiger partial charge in [0.2, 0.25) is 0 Å². The molecule has 1 N–H and O–H groups in total. The third-order valence-electron chi connectivity index (χ3n) is 6.21. The van der Waals surface area contributed by atoms with Crippen LogP contribution in [0.15, 0.2) is 60.9 Å². The fourth-order valence-corrected chi connectivity index (χ4v) is 4.51. The summed E-state index contributed by atoms with van der Waals surface area (Å²) >= 11 is 0. The molecule has 0 fully saturated rings. The molecule has 0 aliphatic heterocycles. The van der Waals surface area contributed by atoms with E-state index in [-0.39, 0.29) is 0 Å². The highest BCUT2D eigenvalue weighted by atomic mass is 16.4. The third kappa shape index (κ3) is 4.44. The maximum absolute atomic E-state index is 11.5. The number of nitrogens with zero attached hydrogens (tertiary/aromatic N) is 3. The first kappa shape index (κ1) is 20.6. The molecule has 156 valence electrons. The molecule has 0 radical (unpaired) electrons. The average Bonchev–Trinajstić information content (AvgIpc) is 2.82. The Morgan fingerprint density at radius 1 is 1.23 bits per heavy atom. The van der Waals surface area contributed by atoms with E-state index in [0.717, 1.165) is 42.6 Å². The van der Waals surface area contributed by atoms with E-state index in [2.05, 4.69) is 34.2 Å². The molecule has 1 atom stereocenters. The number of carboxylic acids is 1. The Labute approximate surface area is 182 Å². The molecule has 0 amide bonds. The molecule has 2 aromatic carbocycles. The van der Waals surface area contributed by atoms with Gasteiger partial charge in [-0.15, -0.1) is 0 Å². The lowest BCUT2D eigenvalue weighted by molar-refractivity contribution is 0.0695. The summed E-state index contributed by atoms with van der Waals surface area (Å²) in [6.45, 7) is 0. The van der Waals surface area contributed by atoms with Gasteiger partial charge in [0.15, 0.2) is 0 Å². The zero-order valence-corrected chi connectivity index (χ0v) is 17.6. The predicted octanol–water partition coefficient (Wildman–Crippen LogP) is 5.47. The highest BCUT2D eigenvalue weighted by Crippen LogP contribution is 2.37. The van der Waals surface area contributed by atoms with E-state index in [1.807, 2.05) is 31.3 Å². The summed E-state index contributed by atoms with van der Waals surface area (Å²) in [4.78, 5) is 17.7. The second-order valence-electron chi connectivity index (χ2n) is 8.07. The Hall–Kier alpha value is -3.65. The second-order valence-corrected chi connectivity index (χ2v) is 8.07. The van der Waals surface area contributed by atoms with E-state index in [4.69, 9.17) is 0 Å². The Morgan fingerprint density at radius 2 is 2.06 bits per heavy atom. The van der Waals surface area contributed by atoms with Gasteiger partial charge in [0.1, 0.15) is 0 Å².